The molecule has 2 atom stereocenters. The van der Waals surface area contributed by atoms with Gasteiger partial charge < -0.3 is 16.0 Å². The number of nitrogens with two attached hydrogens (primary N) is 1. The number of nitrogens with zero attached hydrogens (tertiary/aromatic N) is 1. The number of carbonyl (C=O) groups excluding carboxylic acids is 2. The van der Waals surface area contributed by atoms with Gasteiger partial charge in [-0.1, -0.05) is 27.7 Å². The lowest BCUT2D eigenvalue weighted by Crippen LogP contribution is -2.59. The first-order valence-electron chi connectivity index (χ1n) is 8.72. The molecule has 5 nitrogen and oxygen atoms in total. The number of carbonyl (C=O) groups is 2. The summed E-state index contributed by atoms with van der Waals surface area (Å²) >= 11 is 0. The molecule has 25 heavy (non-hydrogen) atoms. The number of halogens is 1. The van der Waals surface area contributed by atoms with E-state index >= 15 is 0 Å². The standard InChI is InChI=1S/C19H28FN3O2/c1-12(2)16(22-17(24)13-5-7-14(20)8-6-13)18(25)23-10-9-15(21)19(3,4)11-23/h5-8,12,15-16H,9-11,21H2,1-4H3,(H,22,24). The summed E-state index contributed by atoms with van der Waals surface area (Å²) in [6, 6.07) is 4.72. The van der Waals surface area contributed by atoms with Gasteiger partial charge in [-0.05, 0) is 42.0 Å². The van der Waals surface area contributed by atoms with Crippen LogP contribution in [0.15, 0.2) is 24.3 Å². The summed E-state index contributed by atoms with van der Waals surface area (Å²) in [4.78, 5) is 27.2. The third kappa shape index (κ3) is 4.57. The van der Waals surface area contributed by atoms with E-state index in [9.17, 15) is 14.0 Å². The zero-order valence-electron chi connectivity index (χ0n) is 15.4. The Hall–Kier alpha value is -1.95. The molecule has 1 fully saturated rings. The Labute approximate surface area is 148 Å². The molecule has 0 spiro atoms. The third-order valence-electron chi connectivity index (χ3n) is 4.95. The molecule has 3 N–H and O–H groups in total. The fraction of sp³-hybridized carbons (Fsp3) is 0.579. The largest absolute Gasteiger partial charge is 0.340 e. The van der Waals surface area contributed by atoms with Crippen molar-refractivity contribution in [3.8, 4) is 0 Å². The molecule has 1 aliphatic heterocycles. The number of benzene rings is 1. The van der Waals surface area contributed by atoms with E-state index in [1.807, 2.05) is 13.8 Å². The molecule has 138 valence electrons. The van der Waals surface area contributed by atoms with Gasteiger partial charge >= 0.3 is 0 Å². The van der Waals surface area contributed by atoms with Gasteiger partial charge in [-0.2, -0.15) is 0 Å². The summed E-state index contributed by atoms with van der Waals surface area (Å²) in [5, 5.41) is 2.80. The van der Waals surface area contributed by atoms with Gasteiger partial charge in [0.2, 0.25) is 5.91 Å². The number of piperidine rings is 1. The Bertz CT molecular complexity index is 628. The van der Waals surface area contributed by atoms with Crippen molar-refractivity contribution in [3.05, 3.63) is 35.6 Å². The molecule has 0 bridgehead atoms. The predicted molar refractivity (Wildman–Crippen MR) is 95.4 cm³/mol. The second-order valence-corrected chi connectivity index (χ2v) is 7.85. The van der Waals surface area contributed by atoms with Gasteiger partial charge in [-0.25, -0.2) is 4.39 Å². The molecule has 2 rings (SSSR count). The van der Waals surface area contributed by atoms with E-state index in [1.165, 1.54) is 24.3 Å². The number of amides is 2. The summed E-state index contributed by atoms with van der Waals surface area (Å²) in [6.07, 6.45) is 0.745. The molecule has 1 saturated heterocycles. The monoisotopic (exact) mass is 349 g/mol. The van der Waals surface area contributed by atoms with Gasteiger partial charge in [0, 0.05) is 24.7 Å². The maximum atomic E-state index is 13.0. The summed E-state index contributed by atoms with van der Waals surface area (Å²) in [6.45, 7) is 9.07. The smallest absolute Gasteiger partial charge is 0.251 e. The van der Waals surface area contributed by atoms with E-state index in [2.05, 4.69) is 19.2 Å². The van der Waals surface area contributed by atoms with E-state index < -0.39 is 11.9 Å². The number of hydrogen-bond acceptors (Lipinski definition) is 3. The Kier molecular flexibility index (Phi) is 5.83. The van der Waals surface area contributed by atoms with Crippen molar-refractivity contribution < 1.29 is 14.0 Å². The number of likely N-dealkylation sites (tertiary alicyclic amines) is 1. The van der Waals surface area contributed by atoms with Crippen LogP contribution >= 0.6 is 0 Å². The van der Waals surface area contributed by atoms with Crippen LogP contribution in [0.4, 0.5) is 4.39 Å². The van der Waals surface area contributed by atoms with Crippen molar-refractivity contribution in [2.24, 2.45) is 17.1 Å². The van der Waals surface area contributed by atoms with Crippen LogP contribution in [0.3, 0.4) is 0 Å². The molecule has 1 aliphatic rings. The van der Waals surface area contributed by atoms with Crippen LogP contribution in [-0.2, 0) is 4.79 Å². The summed E-state index contributed by atoms with van der Waals surface area (Å²) < 4.78 is 13.0. The molecular formula is C19H28FN3O2. The fourth-order valence-electron chi connectivity index (χ4n) is 3.10. The highest BCUT2D eigenvalue weighted by molar-refractivity contribution is 5.97. The lowest BCUT2D eigenvalue weighted by Gasteiger charge is -2.44. The Morgan fingerprint density at radius 2 is 1.88 bits per heavy atom. The number of nitrogens with one attached hydrogen (secondary N) is 1. The second kappa shape index (κ2) is 7.52. The highest BCUT2D eigenvalue weighted by Crippen LogP contribution is 2.28. The summed E-state index contributed by atoms with van der Waals surface area (Å²) in [5.41, 5.74) is 6.32. The lowest BCUT2D eigenvalue weighted by molar-refractivity contribution is -0.137. The highest BCUT2D eigenvalue weighted by Gasteiger charge is 2.38. The number of rotatable bonds is 4. The highest BCUT2D eigenvalue weighted by atomic mass is 19.1. The van der Waals surface area contributed by atoms with Crippen molar-refractivity contribution in [1.82, 2.24) is 10.2 Å². The first kappa shape index (κ1) is 19.4. The second-order valence-electron chi connectivity index (χ2n) is 7.85. The minimum Gasteiger partial charge on any atom is -0.340 e. The summed E-state index contributed by atoms with van der Waals surface area (Å²) in [5.74, 6) is -0.930. The molecule has 2 amide bonds. The first-order chi connectivity index (χ1) is 11.6. The van der Waals surface area contributed by atoms with Crippen LogP contribution in [0, 0.1) is 17.2 Å². The van der Waals surface area contributed by atoms with Gasteiger partial charge in [0.15, 0.2) is 0 Å². The lowest BCUT2D eigenvalue weighted by atomic mass is 9.79. The molecule has 0 radical (unpaired) electrons. The van der Waals surface area contributed by atoms with E-state index in [0.29, 0.717) is 18.7 Å². The Morgan fingerprint density at radius 1 is 1.28 bits per heavy atom. The topological polar surface area (TPSA) is 75.4 Å². The van der Waals surface area contributed by atoms with Crippen molar-refractivity contribution in [3.63, 3.8) is 0 Å². The van der Waals surface area contributed by atoms with Gasteiger partial charge in [0.25, 0.3) is 5.91 Å². The third-order valence-corrected chi connectivity index (χ3v) is 4.95. The van der Waals surface area contributed by atoms with Crippen LogP contribution in [-0.4, -0.2) is 41.9 Å². The molecule has 6 heteroatoms. The molecular weight excluding hydrogens is 321 g/mol. The Balaban J connectivity index is 2.10. The van der Waals surface area contributed by atoms with Crippen molar-refractivity contribution >= 4 is 11.8 Å². The number of hydrogen-bond donors (Lipinski definition) is 2. The van der Waals surface area contributed by atoms with E-state index in [-0.39, 0.29) is 29.2 Å². The molecule has 0 aromatic heterocycles. The van der Waals surface area contributed by atoms with Crippen molar-refractivity contribution in [1.29, 1.82) is 0 Å². The van der Waals surface area contributed by atoms with E-state index in [4.69, 9.17) is 5.73 Å². The maximum absolute atomic E-state index is 13.0. The fourth-order valence-corrected chi connectivity index (χ4v) is 3.10. The summed E-state index contributed by atoms with van der Waals surface area (Å²) in [7, 11) is 0. The van der Waals surface area contributed by atoms with Crippen LogP contribution in [0.25, 0.3) is 0 Å². The van der Waals surface area contributed by atoms with Crippen LogP contribution in [0.2, 0.25) is 0 Å². The predicted octanol–water partition coefficient (Wildman–Crippen LogP) is 2.17. The zero-order chi connectivity index (χ0) is 18.8. The minimum absolute atomic E-state index is 0.0582. The molecule has 2 unspecified atom stereocenters. The minimum atomic E-state index is -0.623. The average Bonchev–Trinajstić information content (AvgIpc) is 2.54. The van der Waals surface area contributed by atoms with E-state index in [0.717, 1.165) is 6.42 Å². The van der Waals surface area contributed by atoms with Crippen molar-refractivity contribution in [2.75, 3.05) is 13.1 Å². The first-order valence-corrected chi connectivity index (χ1v) is 8.72. The zero-order valence-corrected chi connectivity index (χ0v) is 15.4. The average molecular weight is 349 g/mol. The maximum Gasteiger partial charge on any atom is 0.251 e. The van der Waals surface area contributed by atoms with Gasteiger partial charge in [-0.3, -0.25) is 9.59 Å². The van der Waals surface area contributed by atoms with Crippen molar-refractivity contribution in [2.45, 2.75) is 46.2 Å². The SMILES string of the molecule is CC(C)C(NC(=O)c1ccc(F)cc1)C(=O)N1CCC(N)C(C)(C)C1. The quantitative estimate of drug-likeness (QED) is 0.875. The van der Waals surface area contributed by atoms with Gasteiger partial charge in [0.05, 0.1) is 0 Å². The van der Waals surface area contributed by atoms with Gasteiger partial charge in [0.1, 0.15) is 11.9 Å². The van der Waals surface area contributed by atoms with E-state index in [1.54, 1.807) is 4.90 Å². The Morgan fingerprint density at radius 3 is 2.40 bits per heavy atom. The molecule has 1 aromatic rings. The van der Waals surface area contributed by atoms with Crippen LogP contribution < -0.4 is 11.1 Å². The normalized spacial score (nSPS) is 21.1. The molecule has 1 aromatic carbocycles. The van der Waals surface area contributed by atoms with Crippen LogP contribution in [0.1, 0.15) is 44.5 Å². The van der Waals surface area contributed by atoms with Gasteiger partial charge in [-0.15, -0.1) is 0 Å². The van der Waals surface area contributed by atoms with Crippen LogP contribution in [0.5, 0.6) is 0 Å². The molecule has 0 aliphatic carbocycles. The molecule has 1 heterocycles. The molecule has 0 saturated carbocycles.